The summed E-state index contributed by atoms with van der Waals surface area (Å²) in [5.74, 6) is 1.45. The van der Waals surface area contributed by atoms with E-state index in [9.17, 15) is 5.11 Å². The lowest BCUT2D eigenvalue weighted by atomic mass is 10.0. The fraction of sp³-hybridized carbons (Fsp3) is 0.370. The number of rotatable bonds is 7. The van der Waals surface area contributed by atoms with E-state index in [-0.39, 0.29) is 6.10 Å². The SMILES string of the molecule is CCc1cc(CC(O)c2ccc(OC)c(OC3CCCC3)c2)ccn1.c1cc2cc-2c1. The number of fused-ring (bicyclic) bond motifs is 1. The minimum atomic E-state index is -0.580. The predicted octanol–water partition coefficient (Wildman–Crippen LogP) is 5.92. The van der Waals surface area contributed by atoms with Crippen molar-refractivity contribution < 1.29 is 14.6 Å². The summed E-state index contributed by atoms with van der Waals surface area (Å²) < 4.78 is 11.6. The number of aryl methyl sites for hydroxylation is 1. The molecule has 3 aliphatic carbocycles. The van der Waals surface area contributed by atoms with Gasteiger partial charge in [0.15, 0.2) is 11.5 Å². The van der Waals surface area contributed by atoms with Crippen LogP contribution in [-0.4, -0.2) is 23.3 Å². The third kappa shape index (κ3) is 5.65. The minimum Gasteiger partial charge on any atom is -0.493 e. The number of nitrogens with zero attached hydrogens (tertiary/aromatic N) is 1. The van der Waals surface area contributed by atoms with Crippen LogP contribution in [0.4, 0.5) is 0 Å². The second-order valence-corrected chi connectivity index (χ2v) is 8.24. The summed E-state index contributed by atoms with van der Waals surface area (Å²) in [4.78, 5) is 4.31. The average molecular weight is 418 g/mol. The molecule has 1 atom stereocenters. The van der Waals surface area contributed by atoms with Crippen molar-refractivity contribution in [2.45, 2.75) is 57.7 Å². The van der Waals surface area contributed by atoms with E-state index in [0.717, 1.165) is 47.6 Å². The molecule has 1 aromatic carbocycles. The van der Waals surface area contributed by atoms with Crippen LogP contribution in [-0.2, 0) is 12.8 Å². The zero-order valence-corrected chi connectivity index (χ0v) is 18.4. The molecule has 2 aromatic rings. The normalized spacial score (nSPS) is 15.1. The second kappa shape index (κ2) is 9.97. The van der Waals surface area contributed by atoms with Crippen LogP contribution in [0.1, 0.15) is 55.5 Å². The molecule has 1 unspecified atom stereocenters. The lowest BCUT2D eigenvalue weighted by Crippen LogP contribution is -2.12. The largest absolute Gasteiger partial charge is 0.493 e. The molecule has 1 heterocycles. The van der Waals surface area contributed by atoms with Crippen LogP contribution < -0.4 is 9.47 Å². The van der Waals surface area contributed by atoms with Crippen molar-refractivity contribution in [1.29, 1.82) is 0 Å². The predicted molar refractivity (Wildman–Crippen MR) is 124 cm³/mol. The van der Waals surface area contributed by atoms with Crippen LogP contribution in [0, 0.1) is 0 Å². The molecule has 0 aliphatic heterocycles. The van der Waals surface area contributed by atoms with E-state index < -0.39 is 6.10 Å². The molecular weight excluding hydrogens is 386 g/mol. The first kappa shape index (κ1) is 21.4. The Balaban J connectivity index is 0.000000325. The number of aromatic nitrogens is 1. The maximum Gasteiger partial charge on any atom is 0.161 e. The smallest absolute Gasteiger partial charge is 0.161 e. The molecule has 5 rings (SSSR count). The fourth-order valence-electron chi connectivity index (χ4n) is 4.04. The van der Waals surface area contributed by atoms with Gasteiger partial charge in [-0.25, -0.2) is 0 Å². The number of ether oxygens (including phenoxy) is 2. The van der Waals surface area contributed by atoms with Crippen molar-refractivity contribution in [3.8, 4) is 22.6 Å². The van der Waals surface area contributed by atoms with Crippen LogP contribution in [0.25, 0.3) is 11.1 Å². The second-order valence-electron chi connectivity index (χ2n) is 8.24. The first-order valence-electron chi connectivity index (χ1n) is 11.2. The molecule has 1 N–H and O–H groups in total. The summed E-state index contributed by atoms with van der Waals surface area (Å²) in [6.07, 6.45) is 7.56. The number of benzene rings is 2. The molecule has 4 heteroatoms. The lowest BCUT2D eigenvalue weighted by molar-refractivity contribution is 0.174. The van der Waals surface area contributed by atoms with Gasteiger partial charge >= 0.3 is 0 Å². The number of pyridine rings is 1. The van der Waals surface area contributed by atoms with Crippen LogP contribution in [0.5, 0.6) is 11.5 Å². The van der Waals surface area contributed by atoms with Crippen molar-refractivity contribution in [2.24, 2.45) is 0 Å². The molecule has 1 aromatic heterocycles. The van der Waals surface area contributed by atoms with Gasteiger partial charge in [0.1, 0.15) is 0 Å². The van der Waals surface area contributed by atoms with Gasteiger partial charge in [0, 0.05) is 18.3 Å². The number of hydrogen-bond donors (Lipinski definition) is 1. The van der Waals surface area contributed by atoms with Crippen molar-refractivity contribution >= 4 is 0 Å². The molecule has 0 radical (unpaired) electrons. The average Bonchev–Trinajstić information content (AvgIpc) is 3.16. The monoisotopic (exact) mass is 417 g/mol. The van der Waals surface area contributed by atoms with Gasteiger partial charge in [-0.05, 0) is 84.7 Å². The first-order valence-corrected chi connectivity index (χ1v) is 11.2. The Morgan fingerprint density at radius 3 is 2.39 bits per heavy atom. The summed E-state index contributed by atoms with van der Waals surface area (Å²) in [7, 11) is 1.65. The topological polar surface area (TPSA) is 51.6 Å². The van der Waals surface area contributed by atoms with Crippen molar-refractivity contribution in [2.75, 3.05) is 7.11 Å². The minimum absolute atomic E-state index is 0.258. The molecule has 3 aliphatic rings. The van der Waals surface area contributed by atoms with E-state index >= 15 is 0 Å². The first-order chi connectivity index (χ1) is 15.2. The van der Waals surface area contributed by atoms with E-state index in [1.165, 1.54) is 24.0 Å². The molecule has 0 amide bonds. The summed E-state index contributed by atoms with van der Waals surface area (Å²) in [5, 5.41) is 10.7. The van der Waals surface area contributed by atoms with Crippen molar-refractivity contribution in [3.05, 3.63) is 77.6 Å². The summed E-state index contributed by atoms with van der Waals surface area (Å²) >= 11 is 0. The summed E-state index contributed by atoms with van der Waals surface area (Å²) in [6, 6.07) is 18.2. The highest BCUT2D eigenvalue weighted by Crippen LogP contribution is 2.34. The molecule has 0 spiro atoms. The number of aliphatic hydroxyl groups is 1. The Morgan fingerprint density at radius 1 is 1.00 bits per heavy atom. The van der Waals surface area contributed by atoms with Gasteiger partial charge in [0.05, 0.1) is 19.3 Å². The molecule has 1 saturated carbocycles. The Kier molecular flexibility index (Phi) is 6.88. The standard InChI is InChI=1S/C21H27NO3.C6H4/c1-3-17-12-15(10-11-22-17)13-19(23)16-8-9-20(24-2)21(14-16)25-18-6-4-5-7-18;1-2-5-4-6(5)3-1/h8-12,14,18-19,23H,3-7,13H2,1-2H3;1-4H. The Hall–Kier alpha value is -2.85. The molecule has 31 heavy (non-hydrogen) atoms. The van der Waals surface area contributed by atoms with Crippen molar-refractivity contribution in [1.82, 2.24) is 4.98 Å². The Labute approximate surface area is 184 Å². The summed E-state index contributed by atoms with van der Waals surface area (Å²) in [5.41, 5.74) is 5.84. The van der Waals surface area contributed by atoms with Gasteiger partial charge in [-0.1, -0.05) is 31.2 Å². The zero-order chi connectivity index (χ0) is 21.6. The highest BCUT2D eigenvalue weighted by Gasteiger charge is 2.20. The molecule has 0 bridgehead atoms. The Morgan fingerprint density at radius 2 is 1.77 bits per heavy atom. The summed E-state index contributed by atoms with van der Waals surface area (Å²) in [6.45, 7) is 2.08. The van der Waals surface area contributed by atoms with Gasteiger partial charge in [-0.15, -0.1) is 0 Å². The van der Waals surface area contributed by atoms with Crippen LogP contribution in [0.15, 0.2) is 60.8 Å². The molecular formula is C27H31NO3. The Bertz CT molecular complexity index is 994. The number of aliphatic hydroxyl groups excluding tert-OH is 1. The number of methoxy groups -OCH3 is 1. The highest BCUT2D eigenvalue weighted by molar-refractivity contribution is 5.80. The maximum absolute atomic E-state index is 10.7. The third-order valence-corrected chi connectivity index (χ3v) is 5.95. The van der Waals surface area contributed by atoms with Crippen LogP contribution in [0.3, 0.4) is 0 Å². The third-order valence-electron chi connectivity index (χ3n) is 5.95. The quantitative estimate of drug-likeness (QED) is 0.406. The van der Waals surface area contributed by atoms with E-state index in [1.807, 2.05) is 30.5 Å². The van der Waals surface area contributed by atoms with E-state index in [2.05, 4.69) is 42.2 Å². The van der Waals surface area contributed by atoms with Gasteiger partial charge in [-0.2, -0.15) is 0 Å². The zero-order valence-electron chi connectivity index (χ0n) is 18.4. The van der Waals surface area contributed by atoms with Crippen LogP contribution >= 0.6 is 0 Å². The van der Waals surface area contributed by atoms with E-state index in [4.69, 9.17) is 9.47 Å². The van der Waals surface area contributed by atoms with E-state index in [1.54, 1.807) is 7.11 Å². The van der Waals surface area contributed by atoms with Gasteiger partial charge in [0.25, 0.3) is 0 Å². The molecule has 4 nitrogen and oxygen atoms in total. The van der Waals surface area contributed by atoms with Gasteiger partial charge in [-0.3, -0.25) is 4.98 Å². The molecule has 1 fully saturated rings. The molecule has 162 valence electrons. The lowest BCUT2D eigenvalue weighted by Gasteiger charge is -2.18. The van der Waals surface area contributed by atoms with Crippen molar-refractivity contribution in [3.63, 3.8) is 0 Å². The molecule has 0 saturated heterocycles. The van der Waals surface area contributed by atoms with Crippen LogP contribution in [0.2, 0.25) is 0 Å². The number of hydrogen-bond acceptors (Lipinski definition) is 4. The van der Waals surface area contributed by atoms with Gasteiger partial charge < -0.3 is 14.6 Å². The highest BCUT2D eigenvalue weighted by atomic mass is 16.5. The van der Waals surface area contributed by atoms with E-state index in [0.29, 0.717) is 6.42 Å². The maximum atomic E-state index is 10.7. The fourth-order valence-corrected chi connectivity index (χ4v) is 4.04. The van der Waals surface area contributed by atoms with Gasteiger partial charge in [0.2, 0.25) is 0 Å².